The fourth-order valence-electron chi connectivity index (χ4n) is 4.55. The molecule has 3 heteroatoms. The van der Waals surface area contributed by atoms with Gasteiger partial charge in [-0.25, -0.2) is 4.39 Å². The van der Waals surface area contributed by atoms with Crippen LogP contribution in [0.5, 0.6) is 0 Å². The Hall–Kier alpha value is -0.930. The lowest BCUT2D eigenvalue weighted by atomic mass is 9.79. The van der Waals surface area contributed by atoms with E-state index in [-0.39, 0.29) is 12.1 Å². The van der Waals surface area contributed by atoms with Gasteiger partial charge in [0, 0.05) is 11.8 Å². The van der Waals surface area contributed by atoms with Crippen molar-refractivity contribution in [1.29, 1.82) is 0 Å². The summed E-state index contributed by atoms with van der Waals surface area (Å²) in [6.45, 7) is 6.08. The molecule has 0 bridgehead atoms. The number of hydrogen-bond donors (Lipinski definition) is 0. The highest BCUT2D eigenvalue weighted by atomic mass is 19.1. The summed E-state index contributed by atoms with van der Waals surface area (Å²) in [5.41, 5.74) is 1.19. The number of hydrogen-bond acceptors (Lipinski definition) is 2. The number of rotatable bonds is 6. The zero-order valence-corrected chi connectivity index (χ0v) is 15.8. The van der Waals surface area contributed by atoms with Crippen molar-refractivity contribution in [3.63, 3.8) is 0 Å². The summed E-state index contributed by atoms with van der Waals surface area (Å²) in [6, 6.07) is 6.87. The molecule has 0 unspecified atom stereocenters. The Labute approximate surface area is 152 Å². The predicted molar refractivity (Wildman–Crippen MR) is 99.0 cm³/mol. The van der Waals surface area contributed by atoms with Crippen LogP contribution in [0.15, 0.2) is 24.3 Å². The first-order valence-electron chi connectivity index (χ1n) is 10.1. The zero-order chi connectivity index (χ0) is 17.6. The molecule has 1 saturated heterocycles. The SMILES string of the molecule is CCCC1CCC(C2OCC(C[C@@H](C)c3ccc(F)cc3)CO2)CC1. The van der Waals surface area contributed by atoms with Gasteiger partial charge in [0.05, 0.1) is 13.2 Å². The van der Waals surface area contributed by atoms with Gasteiger partial charge in [-0.3, -0.25) is 0 Å². The lowest BCUT2D eigenvalue weighted by molar-refractivity contribution is -0.230. The van der Waals surface area contributed by atoms with E-state index in [4.69, 9.17) is 9.47 Å². The molecule has 1 heterocycles. The molecule has 0 amide bonds. The van der Waals surface area contributed by atoms with E-state index >= 15 is 0 Å². The summed E-state index contributed by atoms with van der Waals surface area (Å²) in [5, 5.41) is 0. The molecule has 1 aromatic rings. The maximum absolute atomic E-state index is 13.1. The lowest BCUT2D eigenvalue weighted by Gasteiger charge is -2.38. The van der Waals surface area contributed by atoms with E-state index in [0.29, 0.717) is 17.8 Å². The quantitative estimate of drug-likeness (QED) is 0.636. The lowest BCUT2D eigenvalue weighted by Crippen LogP contribution is -2.38. The Morgan fingerprint density at radius 3 is 2.24 bits per heavy atom. The molecule has 25 heavy (non-hydrogen) atoms. The van der Waals surface area contributed by atoms with Gasteiger partial charge >= 0.3 is 0 Å². The maximum Gasteiger partial charge on any atom is 0.160 e. The van der Waals surface area contributed by atoms with Gasteiger partial charge in [0.1, 0.15) is 5.82 Å². The molecule has 2 aliphatic rings. The summed E-state index contributed by atoms with van der Waals surface area (Å²) >= 11 is 0. The van der Waals surface area contributed by atoms with E-state index < -0.39 is 0 Å². The minimum Gasteiger partial charge on any atom is -0.352 e. The van der Waals surface area contributed by atoms with Crippen LogP contribution in [0.3, 0.4) is 0 Å². The molecule has 1 aliphatic heterocycles. The van der Waals surface area contributed by atoms with Crippen molar-refractivity contribution in [2.75, 3.05) is 13.2 Å². The Morgan fingerprint density at radius 1 is 1.00 bits per heavy atom. The molecule has 0 aromatic heterocycles. The average molecular weight is 349 g/mol. The molecular formula is C22H33FO2. The molecule has 1 saturated carbocycles. The maximum atomic E-state index is 13.1. The summed E-state index contributed by atoms with van der Waals surface area (Å²) in [7, 11) is 0. The third-order valence-corrected chi connectivity index (χ3v) is 6.09. The van der Waals surface area contributed by atoms with E-state index in [2.05, 4.69) is 13.8 Å². The van der Waals surface area contributed by atoms with Crippen molar-refractivity contribution < 1.29 is 13.9 Å². The van der Waals surface area contributed by atoms with Gasteiger partial charge in [-0.05, 0) is 61.6 Å². The van der Waals surface area contributed by atoms with Crippen molar-refractivity contribution in [1.82, 2.24) is 0 Å². The smallest absolute Gasteiger partial charge is 0.160 e. The molecule has 1 aliphatic carbocycles. The Bertz CT molecular complexity index is 499. The summed E-state index contributed by atoms with van der Waals surface area (Å²) < 4.78 is 25.3. The van der Waals surface area contributed by atoms with Crippen molar-refractivity contribution in [3.8, 4) is 0 Å². The highest BCUT2D eigenvalue weighted by molar-refractivity contribution is 5.19. The van der Waals surface area contributed by atoms with Crippen LogP contribution in [0.1, 0.15) is 70.3 Å². The molecular weight excluding hydrogens is 315 g/mol. The van der Waals surface area contributed by atoms with Crippen LogP contribution >= 0.6 is 0 Å². The molecule has 140 valence electrons. The monoisotopic (exact) mass is 348 g/mol. The van der Waals surface area contributed by atoms with E-state index in [1.165, 1.54) is 44.1 Å². The van der Waals surface area contributed by atoms with Gasteiger partial charge in [0.25, 0.3) is 0 Å². The second-order valence-corrected chi connectivity index (χ2v) is 8.16. The van der Waals surface area contributed by atoms with Crippen LogP contribution in [0.2, 0.25) is 0 Å². The van der Waals surface area contributed by atoms with Crippen LogP contribution in [0.4, 0.5) is 4.39 Å². The van der Waals surface area contributed by atoms with Gasteiger partial charge in [-0.1, -0.05) is 38.8 Å². The second kappa shape index (κ2) is 9.14. The molecule has 0 N–H and O–H groups in total. The molecule has 2 fully saturated rings. The topological polar surface area (TPSA) is 18.5 Å². The Morgan fingerprint density at radius 2 is 1.64 bits per heavy atom. The Kier molecular flexibility index (Phi) is 6.89. The number of benzene rings is 1. The van der Waals surface area contributed by atoms with Gasteiger partial charge < -0.3 is 9.47 Å². The summed E-state index contributed by atoms with van der Waals surface area (Å²) in [4.78, 5) is 0. The molecule has 2 nitrogen and oxygen atoms in total. The molecule has 1 atom stereocenters. The minimum atomic E-state index is -0.170. The normalized spacial score (nSPS) is 31.6. The zero-order valence-electron chi connectivity index (χ0n) is 15.8. The van der Waals surface area contributed by atoms with Gasteiger partial charge in [0.15, 0.2) is 6.29 Å². The first-order chi connectivity index (χ1) is 12.2. The molecule has 0 spiro atoms. The highest BCUT2D eigenvalue weighted by Gasteiger charge is 2.32. The van der Waals surface area contributed by atoms with E-state index in [1.807, 2.05) is 12.1 Å². The highest BCUT2D eigenvalue weighted by Crippen LogP contribution is 2.36. The second-order valence-electron chi connectivity index (χ2n) is 8.16. The van der Waals surface area contributed by atoms with Crippen LogP contribution in [-0.2, 0) is 9.47 Å². The molecule has 0 radical (unpaired) electrons. The first-order valence-corrected chi connectivity index (χ1v) is 10.1. The fraction of sp³-hybridized carbons (Fsp3) is 0.727. The average Bonchev–Trinajstić information content (AvgIpc) is 2.64. The van der Waals surface area contributed by atoms with Crippen LogP contribution in [0.25, 0.3) is 0 Å². The van der Waals surface area contributed by atoms with Crippen molar-refractivity contribution >= 4 is 0 Å². The number of halogens is 1. The van der Waals surface area contributed by atoms with E-state index in [1.54, 1.807) is 12.1 Å². The largest absolute Gasteiger partial charge is 0.352 e. The number of ether oxygens (including phenoxy) is 2. The first kappa shape index (κ1) is 18.8. The van der Waals surface area contributed by atoms with Crippen molar-refractivity contribution in [3.05, 3.63) is 35.6 Å². The van der Waals surface area contributed by atoms with E-state index in [0.717, 1.165) is 25.6 Å². The standard InChI is InChI=1S/C22H33FO2/c1-3-4-17-5-7-20(8-6-17)22-24-14-18(15-25-22)13-16(2)19-9-11-21(23)12-10-19/h9-12,16-18,20,22H,3-8,13-15H2,1-2H3/t16-,17?,18?,20?,22?/m1/s1. The predicted octanol–water partition coefficient (Wildman–Crippen LogP) is 5.91. The van der Waals surface area contributed by atoms with Crippen molar-refractivity contribution in [2.45, 2.75) is 71.0 Å². The third kappa shape index (κ3) is 5.27. The summed E-state index contributed by atoms with van der Waals surface area (Å²) in [5.74, 6) is 2.18. The van der Waals surface area contributed by atoms with Crippen LogP contribution in [0, 0.1) is 23.6 Å². The van der Waals surface area contributed by atoms with Gasteiger partial charge in [-0.15, -0.1) is 0 Å². The molecule has 3 rings (SSSR count). The van der Waals surface area contributed by atoms with Crippen LogP contribution < -0.4 is 0 Å². The summed E-state index contributed by atoms with van der Waals surface area (Å²) in [6.07, 6.45) is 8.92. The minimum absolute atomic E-state index is 0.0138. The Balaban J connectivity index is 1.41. The van der Waals surface area contributed by atoms with Gasteiger partial charge in [-0.2, -0.15) is 0 Å². The fourth-order valence-corrected chi connectivity index (χ4v) is 4.55. The van der Waals surface area contributed by atoms with Crippen molar-refractivity contribution in [2.24, 2.45) is 17.8 Å². The van der Waals surface area contributed by atoms with E-state index in [9.17, 15) is 4.39 Å². The van der Waals surface area contributed by atoms with Crippen LogP contribution in [-0.4, -0.2) is 19.5 Å². The van der Waals surface area contributed by atoms with Gasteiger partial charge in [0.2, 0.25) is 0 Å². The third-order valence-electron chi connectivity index (χ3n) is 6.09. The molecule has 1 aromatic carbocycles.